The predicted molar refractivity (Wildman–Crippen MR) is 357 cm³/mol. The van der Waals surface area contributed by atoms with Crippen molar-refractivity contribution in [2.24, 2.45) is 0 Å². The number of hydrogen-bond donors (Lipinski definition) is 0. The van der Waals surface area contributed by atoms with E-state index in [2.05, 4.69) is 179 Å². The molecule has 6 heteroatoms. The zero-order valence-electron chi connectivity index (χ0n) is 52.9. The van der Waals surface area contributed by atoms with Gasteiger partial charge in [-0.2, -0.15) is 0 Å². The van der Waals surface area contributed by atoms with Crippen LogP contribution in [0.25, 0.3) is 0 Å². The van der Waals surface area contributed by atoms with Crippen LogP contribution in [-0.4, -0.2) is 37.2 Å². The molecule has 82 heavy (non-hydrogen) atoms. The average Bonchev–Trinajstić information content (AvgIpc) is 3.48. The maximum atomic E-state index is 12.9. The molecule has 0 aliphatic rings. The molecule has 0 saturated heterocycles. The molecule has 0 radical (unpaired) electrons. The second-order valence-corrected chi connectivity index (χ2v) is 21.6. The van der Waals surface area contributed by atoms with Gasteiger partial charge in [0.1, 0.15) is 13.2 Å². The molecule has 0 aromatic heterocycles. The van der Waals surface area contributed by atoms with Gasteiger partial charge in [-0.25, -0.2) is 0 Å². The zero-order valence-corrected chi connectivity index (χ0v) is 52.9. The Morgan fingerprint density at radius 1 is 0.256 bits per heavy atom. The summed E-state index contributed by atoms with van der Waals surface area (Å²) in [6.45, 7) is 6.38. The van der Waals surface area contributed by atoms with E-state index >= 15 is 0 Å². The molecule has 0 saturated carbocycles. The van der Waals surface area contributed by atoms with Gasteiger partial charge in [0, 0.05) is 19.3 Å². The average molecular weight is 1130 g/mol. The monoisotopic (exact) mass is 1130 g/mol. The molecule has 0 aromatic carbocycles. The summed E-state index contributed by atoms with van der Waals surface area (Å²) in [5, 5.41) is 0. The standard InChI is InChI=1S/C76H122O6/c1-4-7-10-13-16-19-22-24-26-28-30-32-34-36-38-40-42-44-46-48-50-52-54-57-60-63-66-69-75(78)81-72-73(71-80-74(77)68-65-62-59-56-21-18-15-12-9-6-3)82-76(79)70-67-64-61-58-55-53-51-49-47-45-43-41-39-37-35-33-31-29-27-25-23-20-17-14-11-8-5-2/h7-8,10-11,16-17,19-20,24-27,30-33,36-39,42-45,48,50,73H,4-6,9,12-15,18,21-23,28-29,34-35,40-41,46-47,49,51-72H2,1-3H3/b10-7-,11-8-,19-16-,20-17-,26-24-,27-25-,32-30-,33-31-,38-36-,39-37-,44-42-,45-43-,50-48-. The maximum absolute atomic E-state index is 12.9. The molecule has 0 aliphatic heterocycles. The van der Waals surface area contributed by atoms with Crippen molar-refractivity contribution in [1.82, 2.24) is 0 Å². The number of unbranched alkanes of at least 4 members (excludes halogenated alkanes) is 22. The van der Waals surface area contributed by atoms with Gasteiger partial charge >= 0.3 is 17.9 Å². The fourth-order valence-electron chi connectivity index (χ4n) is 8.84. The lowest BCUT2D eigenvalue weighted by atomic mass is 10.1. The Bertz CT molecular complexity index is 1830. The third-order valence-corrected chi connectivity index (χ3v) is 13.8. The Morgan fingerprint density at radius 2 is 0.476 bits per heavy atom. The van der Waals surface area contributed by atoms with Gasteiger partial charge in [0.25, 0.3) is 0 Å². The number of allylic oxidation sites excluding steroid dienone is 26. The maximum Gasteiger partial charge on any atom is 0.306 e. The van der Waals surface area contributed by atoms with E-state index in [1.54, 1.807) is 0 Å². The normalized spacial score (nSPS) is 13.2. The summed E-state index contributed by atoms with van der Waals surface area (Å²) in [5.74, 6) is -0.922. The lowest BCUT2D eigenvalue weighted by molar-refractivity contribution is -0.167. The zero-order chi connectivity index (χ0) is 59.2. The van der Waals surface area contributed by atoms with Crippen molar-refractivity contribution >= 4 is 17.9 Å². The molecule has 6 nitrogen and oxygen atoms in total. The number of hydrogen-bond acceptors (Lipinski definition) is 6. The van der Waals surface area contributed by atoms with Crippen molar-refractivity contribution in [3.63, 3.8) is 0 Å². The predicted octanol–water partition coefficient (Wildman–Crippen LogP) is 23.3. The lowest BCUT2D eigenvalue weighted by Gasteiger charge is -2.18. The molecular weight excluding hydrogens is 1010 g/mol. The van der Waals surface area contributed by atoms with Crippen LogP contribution in [0.1, 0.15) is 284 Å². The molecule has 462 valence electrons. The van der Waals surface area contributed by atoms with E-state index < -0.39 is 6.10 Å². The quantitative estimate of drug-likeness (QED) is 0.0261. The summed E-state index contributed by atoms with van der Waals surface area (Å²) < 4.78 is 16.9. The highest BCUT2D eigenvalue weighted by atomic mass is 16.6. The van der Waals surface area contributed by atoms with Crippen molar-refractivity contribution in [2.75, 3.05) is 13.2 Å². The molecule has 0 rings (SSSR count). The molecule has 0 N–H and O–H groups in total. The van der Waals surface area contributed by atoms with Crippen LogP contribution in [0.4, 0.5) is 0 Å². The number of carbonyl (C=O) groups is 3. The Labute approximate surface area is 505 Å². The molecule has 0 aromatic rings. The molecule has 0 fully saturated rings. The molecule has 1 atom stereocenters. The smallest absolute Gasteiger partial charge is 0.306 e. The second kappa shape index (κ2) is 68.5. The van der Waals surface area contributed by atoms with Crippen molar-refractivity contribution in [1.29, 1.82) is 0 Å². The van der Waals surface area contributed by atoms with Gasteiger partial charge in [0.2, 0.25) is 0 Å². The first kappa shape index (κ1) is 77.0. The van der Waals surface area contributed by atoms with E-state index in [4.69, 9.17) is 14.2 Å². The lowest BCUT2D eigenvalue weighted by Crippen LogP contribution is -2.30. The van der Waals surface area contributed by atoms with Crippen LogP contribution >= 0.6 is 0 Å². The molecule has 0 bridgehead atoms. The minimum atomic E-state index is -0.798. The number of rotatable bonds is 59. The minimum Gasteiger partial charge on any atom is -0.462 e. The summed E-state index contributed by atoms with van der Waals surface area (Å²) in [7, 11) is 0. The third-order valence-electron chi connectivity index (χ3n) is 13.8. The molecule has 0 amide bonds. The topological polar surface area (TPSA) is 78.9 Å². The van der Waals surface area contributed by atoms with Gasteiger partial charge < -0.3 is 14.2 Å². The second-order valence-electron chi connectivity index (χ2n) is 21.6. The number of carbonyl (C=O) groups excluding carboxylic acids is 3. The van der Waals surface area contributed by atoms with E-state index in [0.29, 0.717) is 19.3 Å². The highest BCUT2D eigenvalue weighted by Gasteiger charge is 2.19. The summed E-state index contributed by atoms with van der Waals surface area (Å²) >= 11 is 0. The van der Waals surface area contributed by atoms with E-state index in [1.165, 1.54) is 77.0 Å². The summed E-state index contributed by atoms with van der Waals surface area (Å²) in [6, 6.07) is 0. The first-order valence-electron chi connectivity index (χ1n) is 33.5. The van der Waals surface area contributed by atoms with Crippen LogP contribution in [0, 0.1) is 0 Å². The molecular formula is C76H122O6. The summed E-state index contributed by atoms with van der Waals surface area (Å²) in [4.78, 5) is 38.3. The Kier molecular flexibility index (Phi) is 64.4. The van der Waals surface area contributed by atoms with Gasteiger partial charge in [-0.15, -0.1) is 0 Å². The Morgan fingerprint density at radius 3 is 0.744 bits per heavy atom. The fraction of sp³-hybridized carbons (Fsp3) is 0.618. The number of ether oxygens (including phenoxy) is 3. The minimum absolute atomic E-state index is 0.0917. The Hall–Kier alpha value is -4.97. The van der Waals surface area contributed by atoms with Gasteiger partial charge in [0.15, 0.2) is 6.10 Å². The van der Waals surface area contributed by atoms with Crippen molar-refractivity contribution < 1.29 is 28.6 Å². The fourth-order valence-corrected chi connectivity index (χ4v) is 8.84. The summed E-state index contributed by atoms with van der Waals surface area (Å²) in [6.07, 6.45) is 99.7. The third kappa shape index (κ3) is 65.8. The highest BCUT2D eigenvalue weighted by molar-refractivity contribution is 5.71. The molecule has 0 spiro atoms. The van der Waals surface area contributed by atoms with Crippen LogP contribution in [0.15, 0.2) is 158 Å². The first-order chi connectivity index (χ1) is 40.5. The Balaban J connectivity index is 4.34. The largest absolute Gasteiger partial charge is 0.462 e. The highest BCUT2D eigenvalue weighted by Crippen LogP contribution is 2.15. The van der Waals surface area contributed by atoms with Crippen LogP contribution in [0.2, 0.25) is 0 Å². The first-order valence-corrected chi connectivity index (χ1v) is 33.5. The SMILES string of the molecule is CC/C=C\C/C=C\C/C=C\C/C=C\C/C=C\C/C=C\C/C=C\CCCCCCCC(=O)OCC(COC(=O)CCCCCCCCCCCC)OC(=O)CCCCCCCCCC/C=C\C/C=C\C/C=C\C/C=C\C/C=C\C/C=C\CC. The molecule has 0 aliphatic carbocycles. The molecule has 1 unspecified atom stereocenters. The number of esters is 3. The van der Waals surface area contributed by atoms with E-state index in [0.717, 1.165) is 167 Å². The van der Waals surface area contributed by atoms with Gasteiger partial charge in [-0.05, 0) is 128 Å². The summed E-state index contributed by atoms with van der Waals surface area (Å²) in [5.41, 5.74) is 0. The van der Waals surface area contributed by atoms with Crippen LogP contribution in [0.5, 0.6) is 0 Å². The van der Waals surface area contributed by atoms with Crippen LogP contribution in [-0.2, 0) is 28.6 Å². The van der Waals surface area contributed by atoms with Crippen LogP contribution in [0.3, 0.4) is 0 Å². The van der Waals surface area contributed by atoms with Gasteiger partial charge in [-0.3, -0.25) is 14.4 Å². The van der Waals surface area contributed by atoms with Gasteiger partial charge in [0.05, 0.1) is 0 Å². The van der Waals surface area contributed by atoms with E-state index in [1.807, 2.05) is 0 Å². The van der Waals surface area contributed by atoms with Crippen LogP contribution < -0.4 is 0 Å². The van der Waals surface area contributed by atoms with Crippen molar-refractivity contribution in [2.45, 2.75) is 290 Å². The van der Waals surface area contributed by atoms with Gasteiger partial charge in [-0.1, -0.05) is 294 Å². The molecule has 0 heterocycles. The van der Waals surface area contributed by atoms with E-state index in [9.17, 15) is 14.4 Å². The van der Waals surface area contributed by atoms with Crippen molar-refractivity contribution in [3.05, 3.63) is 158 Å². The van der Waals surface area contributed by atoms with E-state index in [-0.39, 0.29) is 31.1 Å². The van der Waals surface area contributed by atoms with Crippen molar-refractivity contribution in [3.8, 4) is 0 Å².